The Morgan fingerprint density at radius 1 is 1.43 bits per heavy atom. The molecule has 0 aromatic heterocycles. The molecule has 0 saturated carbocycles. The zero-order valence-electron chi connectivity index (χ0n) is 11.1. The maximum atomic E-state index is 12.4. The van der Waals surface area contributed by atoms with E-state index >= 15 is 0 Å². The van der Waals surface area contributed by atoms with Gasteiger partial charge in [-0.05, 0) is 18.1 Å². The molecule has 1 heterocycles. The van der Waals surface area contributed by atoms with E-state index in [1.807, 2.05) is 0 Å². The van der Waals surface area contributed by atoms with Crippen molar-refractivity contribution in [2.45, 2.75) is 18.8 Å². The number of nitrogens with zero attached hydrogens (tertiary/aromatic N) is 1. The normalized spacial score (nSPS) is 19.4. The Kier molecular flexibility index (Phi) is 4.56. The average Bonchev–Trinajstić information content (AvgIpc) is 2.40. The van der Waals surface area contributed by atoms with Crippen LogP contribution in [0.1, 0.15) is 5.56 Å². The standard InChI is InChI=1S/C13H15F3N2O3/c14-13(15,16)21-11-4-2-1-3-9(11)7-10-8-17-5-6-18(10)12(19)20/h1-4,10,17H,5-8H2,(H,19,20). The minimum atomic E-state index is -4.77. The number of piperazine rings is 1. The van der Waals surface area contributed by atoms with E-state index in [4.69, 9.17) is 5.11 Å². The predicted octanol–water partition coefficient (Wildman–Crippen LogP) is 2.08. The fourth-order valence-corrected chi connectivity index (χ4v) is 2.35. The van der Waals surface area contributed by atoms with Crippen molar-refractivity contribution >= 4 is 6.09 Å². The van der Waals surface area contributed by atoms with E-state index in [1.54, 1.807) is 6.07 Å². The van der Waals surface area contributed by atoms with Gasteiger partial charge in [-0.15, -0.1) is 13.2 Å². The van der Waals surface area contributed by atoms with E-state index < -0.39 is 18.5 Å². The summed E-state index contributed by atoms with van der Waals surface area (Å²) in [6.07, 6.45) is -5.69. The summed E-state index contributed by atoms with van der Waals surface area (Å²) in [7, 11) is 0. The summed E-state index contributed by atoms with van der Waals surface area (Å²) in [5.74, 6) is -0.291. The third kappa shape index (κ3) is 4.25. The quantitative estimate of drug-likeness (QED) is 0.897. The summed E-state index contributed by atoms with van der Waals surface area (Å²) in [6.45, 7) is 1.23. The highest BCUT2D eigenvalue weighted by Gasteiger charge is 2.33. The molecule has 116 valence electrons. The topological polar surface area (TPSA) is 61.8 Å². The van der Waals surface area contributed by atoms with E-state index in [2.05, 4.69) is 10.1 Å². The lowest BCUT2D eigenvalue weighted by Gasteiger charge is -2.34. The van der Waals surface area contributed by atoms with Crippen LogP contribution in [0.15, 0.2) is 24.3 Å². The summed E-state index contributed by atoms with van der Waals surface area (Å²) in [5, 5.41) is 12.2. The highest BCUT2D eigenvalue weighted by atomic mass is 19.4. The summed E-state index contributed by atoms with van der Waals surface area (Å²) in [4.78, 5) is 12.4. The van der Waals surface area contributed by atoms with Gasteiger partial charge in [0.05, 0.1) is 6.04 Å². The van der Waals surface area contributed by atoms with Gasteiger partial charge in [0.2, 0.25) is 0 Å². The van der Waals surface area contributed by atoms with Crippen LogP contribution < -0.4 is 10.1 Å². The van der Waals surface area contributed by atoms with Crippen molar-refractivity contribution in [2.75, 3.05) is 19.6 Å². The molecule has 21 heavy (non-hydrogen) atoms. The summed E-state index contributed by atoms with van der Waals surface area (Å²) < 4.78 is 41.1. The minimum absolute atomic E-state index is 0.158. The van der Waals surface area contributed by atoms with Crippen molar-refractivity contribution < 1.29 is 27.8 Å². The average molecular weight is 304 g/mol. The number of hydrogen-bond donors (Lipinski definition) is 2. The summed E-state index contributed by atoms with van der Waals surface area (Å²) in [6, 6.07) is 5.35. The molecule has 2 rings (SSSR count). The first-order valence-corrected chi connectivity index (χ1v) is 6.41. The molecular weight excluding hydrogens is 289 g/mol. The van der Waals surface area contributed by atoms with Crippen LogP contribution in [0.25, 0.3) is 0 Å². The number of halogens is 3. The zero-order chi connectivity index (χ0) is 15.5. The molecule has 5 nitrogen and oxygen atoms in total. The van der Waals surface area contributed by atoms with Gasteiger partial charge in [-0.1, -0.05) is 18.2 Å². The summed E-state index contributed by atoms with van der Waals surface area (Å²) in [5.41, 5.74) is 0.328. The van der Waals surface area contributed by atoms with E-state index in [9.17, 15) is 18.0 Å². The Labute approximate surface area is 119 Å². The van der Waals surface area contributed by atoms with Gasteiger partial charge >= 0.3 is 12.5 Å². The van der Waals surface area contributed by atoms with Gasteiger partial charge in [-0.2, -0.15) is 0 Å². The van der Waals surface area contributed by atoms with Crippen LogP contribution in [0, 0.1) is 0 Å². The lowest BCUT2D eigenvalue weighted by molar-refractivity contribution is -0.274. The fourth-order valence-electron chi connectivity index (χ4n) is 2.35. The number of hydrogen-bond acceptors (Lipinski definition) is 3. The van der Waals surface area contributed by atoms with E-state index in [0.29, 0.717) is 25.2 Å². The molecule has 1 fully saturated rings. The Morgan fingerprint density at radius 2 is 2.14 bits per heavy atom. The van der Waals surface area contributed by atoms with Gasteiger partial charge in [0.25, 0.3) is 0 Å². The van der Waals surface area contributed by atoms with Crippen molar-refractivity contribution in [3.8, 4) is 5.75 Å². The van der Waals surface area contributed by atoms with Gasteiger partial charge in [0.15, 0.2) is 0 Å². The van der Waals surface area contributed by atoms with Crippen LogP contribution in [0.3, 0.4) is 0 Å². The van der Waals surface area contributed by atoms with E-state index in [1.165, 1.54) is 23.1 Å². The van der Waals surface area contributed by atoms with Crippen LogP contribution in [-0.4, -0.2) is 48.1 Å². The van der Waals surface area contributed by atoms with Crippen LogP contribution >= 0.6 is 0 Å². The van der Waals surface area contributed by atoms with Crippen molar-refractivity contribution in [1.82, 2.24) is 10.2 Å². The lowest BCUT2D eigenvalue weighted by Crippen LogP contribution is -2.54. The molecule has 0 spiro atoms. The highest BCUT2D eigenvalue weighted by molar-refractivity contribution is 5.65. The molecular formula is C13H15F3N2O3. The molecule has 0 aliphatic carbocycles. The second-order valence-corrected chi connectivity index (χ2v) is 4.69. The Hall–Kier alpha value is -1.96. The second kappa shape index (κ2) is 6.21. The predicted molar refractivity (Wildman–Crippen MR) is 68.2 cm³/mol. The molecule has 1 aromatic carbocycles. The number of nitrogens with one attached hydrogen (secondary N) is 1. The van der Waals surface area contributed by atoms with E-state index in [0.717, 1.165) is 0 Å². The maximum Gasteiger partial charge on any atom is 0.573 e. The van der Waals surface area contributed by atoms with Gasteiger partial charge in [-0.25, -0.2) is 4.79 Å². The van der Waals surface area contributed by atoms with Crippen LogP contribution in [0.2, 0.25) is 0 Å². The van der Waals surface area contributed by atoms with Crippen LogP contribution in [0.4, 0.5) is 18.0 Å². The number of para-hydroxylation sites is 1. The smallest absolute Gasteiger partial charge is 0.465 e. The van der Waals surface area contributed by atoms with Crippen LogP contribution in [0.5, 0.6) is 5.75 Å². The molecule has 8 heteroatoms. The molecule has 0 radical (unpaired) electrons. The number of benzene rings is 1. The van der Waals surface area contributed by atoms with Crippen molar-refractivity contribution in [1.29, 1.82) is 0 Å². The number of rotatable bonds is 3. The third-order valence-corrected chi connectivity index (χ3v) is 3.25. The van der Waals surface area contributed by atoms with Gasteiger partial charge in [0, 0.05) is 19.6 Å². The highest BCUT2D eigenvalue weighted by Crippen LogP contribution is 2.27. The first-order valence-electron chi connectivity index (χ1n) is 6.41. The molecule has 0 bridgehead atoms. The molecule has 1 aromatic rings. The molecule has 1 unspecified atom stereocenters. The fraction of sp³-hybridized carbons (Fsp3) is 0.462. The summed E-state index contributed by atoms with van der Waals surface area (Å²) >= 11 is 0. The number of carboxylic acid groups (broad SMARTS) is 1. The number of alkyl halides is 3. The van der Waals surface area contributed by atoms with Gasteiger partial charge in [-0.3, -0.25) is 0 Å². The van der Waals surface area contributed by atoms with Gasteiger partial charge in [0.1, 0.15) is 5.75 Å². The third-order valence-electron chi connectivity index (χ3n) is 3.25. The van der Waals surface area contributed by atoms with Gasteiger partial charge < -0.3 is 20.1 Å². The lowest BCUT2D eigenvalue weighted by atomic mass is 10.0. The van der Waals surface area contributed by atoms with Crippen LogP contribution in [-0.2, 0) is 6.42 Å². The Morgan fingerprint density at radius 3 is 2.81 bits per heavy atom. The number of ether oxygens (including phenoxy) is 1. The first kappa shape index (κ1) is 15.4. The molecule has 1 aliphatic rings. The monoisotopic (exact) mass is 304 g/mol. The molecule has 1 atom stereocenters. The number of carbonyl (C=O) groups is 1. The maximum absolute atomic E-state index is 12.4. The first-order chi connectivity index (χ1) is 9.87. The minimum Gasteiger partial charge on any atom is -0.465 e. The molecule has 2 N–H and O–H groups in total. The Bertz CT molecular complexity index is 508. The largest absolute Gasteiger partial charge is 0.573 e. The molecule has 1 aliphatic heterocycles. The molecule has 1 amide bonds. The van der Waals surface area contributed by atoms with Crippen molar-refractivity contribution in [3.63, 3.8) is 0 Å². The number of amides is 1. The second-order valence-electron chi connectivity index (χ2n) is 4.69. The van der Waals surface area contributed by atoms with Crippen molar-refractivity contribution in [2.24, 2.45) is 0 Å². The Balaban J connectivity index is 2.16. The zero-order valence-corrected chi connectivity index (χ0v) is 11.1. The van der Waals surface area contributed by atoms with Crippen molar-refractivity contribution in [3.05, 3.63) is 29.8 Å². The molecule has 1 saturated heterocycles. The van der Waals surface area contributed by atoms with E-state index in [-0.39, 0.29) is 12.2 Å². The SMILES string of the molecule is O=C(O)N1CCNCC1Cc1ccccc1OC(F)(F)F.